The Morgan fingerprint density at radius 3 is 2.66 bits per heavy atom. The number of aliphatic hydroxyl groups is 1. The summed E-state index contributed by atoms with van der Waals surface area (Å²) < 4.78 is 18.6. The Bertz CT molecular complexity index is 1250. The van der Waals surface area contributed by atoms with Gasteiger partial charge in [0.15, 0.2) is 23.3 Å². The number of rotatable bonds is 2. The molecule has 6 rings (SSSR count). The van der Waals surface area contributed by atoms with Gasteiger partial charge in [-0.3, -0.25) is 9.69 Å². The molecule has 1 aromatic heterocycles. The summed E-state index contributed by atoms with van der Waals surface area (Å²) in [4.78, 5) is 33.7. The number of ketones is 1. The Hall–Kier alpha value is -2.55. The molecule has 3 fully saturated rings. The number of ether oxygens (including phenoxy) is 3. The van der Waals surface area contributed by atoms with Crippen molar-refractivity contribution in [1.82, 2.24) is 4.98 Å². The first-order valence-corrected chi connectivity index (χ1v) is 13.6. The highest BCUT2D eigenvalue weighted by Gasteiger charge is 2.77. The van der Waals surface area contributed by atoms with Crippen LogP contribution in [0.1, 0.15) is 48.0 Å². The molecule has 1 aliphatic heterocycles. The van der Waals surface area contributed by atoms with Crippen LogP contribution in [0.2, 0.25) is 0 Å². The molecule has 5 aliphatic rings. The number of nitrogens with zero attached hydrogens (tertiary/aromatic N) is 2. The average Bonchev–Trinajstić information content (AvgIpc) is 3.36. The van der Waals surface area contributed by atoms with Crippen LogP contribution in [0.5, 0.6) is 0 Å². The Labute approximate surface area is 224 Å². The second kappa shape index (κ2) is 7.99. The Kier molecular flexibility index (Phi) is 5.41. The molecule has 1 N–H and O–H groups in total. The van der Waals surface area contributed by atoms with Crippen molar-refractivity contribution in [3.63, 3.8) is 0 Å². The SMILES string of the molecule is CC1=C[C@]23C(=O)[C@@H](C=C4COC(C)(C)O[C@H]4[C@]2(O)[C@H]1OC(=O)N(C)c1ccccn1)[C@H]1[C@@H](C[C@H]3C)C1(C)C. The molecule has 0 aromatic carbocycles. The van der Waals surface area contributed by atoms with Gasteiger partial charge in [0.2, 0.25) is 0 Å². The minimum Gasteiger partial charge on any atom is -0.438 e. The fourth-order valence-corrected chi connectivity index (χ4v) is 8.13. The maximum Gasteiger partial charge on any atom is 0.415 e. The maximum atomic E-state index is 14.7. The molecule has 4 aliphatic carbocycles. The average molecular weight is 523 g/mol. The van der Waals surface area contributed by atoms with Crippen LogP contribution in [-0.4, -0.2) is 59.2 Å². The molecule has 38 heavy (non-hydrogen) atoms. The molecule has 8 atom stereocenters. The molecule has 1 spiro atoms. The number of hydrogen-bond acceptors (Lipinski definition) is 7. The third kappa shape index (κ3) is 3.23. The van der Waals surface area contributed by atoms with Crippen LogP contribution in [0.4, 0.5) is 10.6 Å². The topological polar surface area (TPSA) is 98.2 Å². The third-order valence-corrected chi connectivity index (χ3v) is 10.2. The Morgan fingerprint density at radius 1 is 1.24 bits per heavy atom. The smallest absolute Gasteiger partial charge is 0.415 e. The third-order valence-electron chi connectivity index (χ3n) is 10.2. The molecule has 204 valence electrons. The summed E-state index contributed by atoms with van der Waals surface area (Å²) in [5.41, 5.74) is -1.68. The highest BCUT2D eigenvalue weighted by molar-refractivity contribution is 5.95. The van der Waals surface area contributed by atoms with Crippen molar-refractivity contribution in [2.24, 2.45) is 34.5 Å². The van der Waals surface area contributed by atoms with Gasteiger partial charge in [0.05, 0.1) is 12.0 Å². The van der Waals surface area contributed by atoms with E-state index in [2.05, 4.69) is 25.8 Å². The van der Waals surface area contributed by atoms with Crippen molar-refractivity contribution in [3.05, 3.63) is 47.7 Å². The second-order valence-corrected chi connectivity index (χ2v) is 13.0. The molecule has 1 aromatic rings. The van der Waals surface area contributed by atoms with Crippen LogP contribution in [0.25, 0.3) is 0 Å². The Morgan fingerprint density at radius 2 is 1.97 bits per heavy atom. The quantitative estimate of drug-likeness (QED) is 0.579. The van der Waals surface area contributed by atoms with E-state index in [0.29, 0.717) is 17.3 Å². The lowest BCUT2D eigenvalue weighted by molar-refractivity contribution is -0.302. The lowest BCUT2D eigenvalue weighted by Gasteiger charge is -2.52. The van der Waals surface area contributed by atoms with Gasteiger partial charge in [0.25, 0.3) is 0 Å². The molecular formula is C30H38N2O6. The number of amides is 1. The predicted molar refractivity (Wildman–Crippen MR) is 140 cm³/mol. The molecule has 0 radical (unpaired) electrons. The molecule has 1 amide bonds. The van der Waals surface area contributed by atoms with Crippen LogP contribution in [0.15, 0.2) is 47.7 Å². The largest absolute Gasteiger partial charge is 0.438 e. The van der Waals surface area contributed by atoms with Gasteiger partial charge in [-0.05, 0) is 73.6 Å². The minimum absolute atomic E-state index is 0.00939. The molecule has 8 heteroatoms. The van der Waals surface area contributed by atoms with Crippen LogP contribution >= 0.6 is 0 Å². The van der Waals surface area contributed by atoms with Gasteiger partial charge in [-0.2, -0.15) is 0 Å². The van der Waals surface area contributed by atoms with Crippen molar-refractivity contribution < 1.29 is 28.9 Å². The summed E-state index contributed by atoms with van der Waals surface area (Å²) in [7, 11) is 1.58. The highest BCUT2D eigenvalue weighted by Crippen LogP contribution is 2.72. The number of carbonyl (C=O) groups excluding carboxylic acids is 2. The number of Topliss-reactive ketones (excluding diaryl/α,β-unsaturated/α-hetero) is 1. The van der Waals surface area contributed by atoms with Crippen molar-refractivity contribution >= 4 is 17.7 Å². The highest BCUT2D eigenvalue weighted by atomic mass is 16.7. The van der Waals surface area contributed by atoms with Crippen LogP contribution in [0.3, 0.4) is 0 Å². The van der Waals surface area contributed by atoms with Crippen LogP contribution in [0, 0.1) is 34.5 Å². The zero-order valence-corrected chi connectivity index (χ0v) is 23.2. The maximum absolute atomic E-state index is 14.7. The molecular weight excluding hydrogens is 484 g/mol. The minimum atomic E-state index is -1.84. The van der Waals surface area contributed by atoms with Crippen LogP contribution in [-0.2, 0) is 19.0 Å². The first-order chi connectivity index (χ1) is 17.8. The van der Waals surface area contributed by atoms with Gasteiger partial charge < -0.3 is 19.3 Å². The lowest BCUT2D eigenvalue weighted by atomic mass is 9.59. The molecule has 0 unspecified atom stereocenters. The fourth-order valence-electron chi connectivity index (χ4n) is 8.13. The number of anilines is 1. The van der Waals surface area contributed by atoms with Gasteiger partial charge in [-0.25, -0.2) is 9.78 Å². The van der Waals surface area contributed by atoms with Gasteiger partial charge >= 0.3 is 6.09 Å². The van der Waals surface area contributed by atoms with Crippen molar-refractivity contribution in [3.8, 4) is 0 Å². The predicted octanol–water partition coefficient (Wildman–Crippen LogP) is 4.29. The lowest BCUT2D eigenvalue weighted by Crippen LogP contribution is -2.68. The molecule has 2 heterocycles. The van der Waals surface area contributed by atoms with Crippen LogP contribution < -0.4 is 4.90 Å². The first-order valence-electron chi connectivity index (χ1n) is 13.6. The second-order valence-electron chi connectivity index (χ2n) is 13.0. The van der Waals surface area contributed by atoms with E-state index < -0.39 is 35.1 Å². The molecule has 2 bridgehead atoms. The van der Waals surface area contributed by atoms with Gasteiger partial charge in [0.1, 0.15) is 11.9 Å². The Balaban J connectivity index is 1.48. The summed E-state index contributed by atoms with van der Waals surface area (Å²) in [6.07, 6.45) is 3.67. The number of pyridine rings is 1. The van der Waals surface area contributed by atoms with Gasteiger partial charge in [-0.15, -0.1) is 0 Å². The van der Waals surface area contributed by atoms with E-state index in [1.807, 2.05) is 19.1 Å². The number of carbonyl (C=O) groups is 2. The number of fused-ring (bicyclic) bond motifs is 5. The van der Waals surface area contributed by atoms with E-state index in [1.165, 1.54) is 4.90 Å². The first kappa shape index (κ1) is 25.7. The molecule has 1 saturated heterocycles. The van der Waals surface area contributed by atoms with Gasteiger partial charge in [-0.1, -0.05) is 39.0 Å². The summed E-state index contributed by atoms with van der Waals surface area (Å²) in [6.45, 7) is 12.2. The van der Waals surface area contributed by atoms with E-state index in [-0.39, 0.29) is 35.6 Å². The fraction of sp³-hybridized carbons (Fsp3) is 0.633. The van der Waals surface area contributed by atoms with Crippen molar-refractivity contribution in [2.75, 3.05) is 18.6 Å². The van der Waals surface area contributed by atoms with E-state index in [0.717, 1.165) is 12.0 Å². The molecule has 8 nitrogen and oxygen atoms in total. The van der Waals surface area contributed by atoms with E-state index in [9.17, 15) is 14.7 Å². The van der Waals surface area contributed by atoms with Crippen molar-refractivity contribution in [2.45, 2.75) is 71.6 Å². The zero-order chi connectivity index (χ0) is 27.4. The normalized spacial score (nSPS) is 41.8. The summed E-state index contributed by atoms with van der Waals surface area (Å²) in [5, 5.41) is 13.0. The van der Waals surface area contributed by atoms with E-state index in [1.54, 1.807) is 45.3 Å². The summed E-state index contributed by atoms with van der Waals surface area (Å²) >= 11 is 0. The van der Waals surface area contributed by atoms with Gasteiger partial charge in [0, 0.05) is 19.2 Å². The van der Waals surface area contributed by atoms with E-state index in [4.69, 9.17) is 14.2 Å². The molecule has 2 saturated carbocycles. The standard InChI is InChI=1S/C30H38N2O6/c1-16-14-29-17(2)12-20-22(27(20,3)4)19(23(29)33)13-18-15-36-28(5,6)38-25(18)30(29,35)24(16)37-26(34)32(7)21-10-8-9-11-31-21/h8-11,13-14,17,19-20,22,24-25,35H,12,15H2,1-7H3/t17-,19+,20-,22+,24+,25-,29+,30-/m1/s1. The summed E-state index contributed by atoms with van der Waals surface area (Å²) in [6, 6.07) is 5.26. The summed E-state index contributed by atoms with van der Waals surface area (Å²) in [5.74, 6) is -0.571. The number of aromatic nitrogens is 1. The number of allylic oxidation sites excluding steroid dienone is 1. The van der Waals surface area contributed by atoms with Crippen molar-refractivity contribution in [1.29, 1.82) is 0 Å². The zero-order valence-electron chi connectivity index (χ0n) is 23.2. The monoisotopic (exact) mass is 522 g/mol. The van der Waals surface area contributed by atoms with E-state index >= 15 is 0 Å². The number of hydrogen-bond donors (Lipinski definition) is 1.